The number of amides is 3. The summed E-state index contributed by atoms with van der Waals surface area (Å²) in [6, 6.07) is 16.9. The highest BCUT2D eigenvalue weighted by Crippen LogP contribution is 2.28. The molecule has 196 valence electrons. The van der Waals surface area contributed by atoms with Gasteiger partial charge in [-0.2, -0.15) is 0 Å². The minimum atomic E-state index is -4.35. The van der Waals surface area contributed by atoms with Gasteiger partial charge >= 0.3 is 6.03 Å². The molecule has 0 aromatic heterocycles. The van der Waals surface area contributed by atoms with Gasteiger partial charge in [0.05, 0.1) is 14.2 Å². The first-order valence-corrected chi connectivity index (χ1v) is 13.0. The molecule has 0 fully saturated rings. The van der Waals surface area contributed by atoms with Crippen LogP contribution in [-0.4, -0.2) is 47.7 Å². The third kappa shape index (κ3) is 6.79. The van der Waals surface area contributed by atoms with Crippen LogP contribution in [0.5, 0.6) is 11.5 Å². The maximum absolute atomic E-state index is 13.5. The molecule has 10 heteroatoms. The van der Waals surface area contributed by atoms with Gasteiger partial charge in [0, 0.05) is 25.2 Å². The van der Waals surface area contributed by atoms with Crippen LogP contribution in [0.1, 0.15) is 16.7 Å². The summed E-state index contributed by atoms with van der Waals surface area (Å²) in [5.74, 6) is -0.0974. The van der Waals surface area contributed by atoms with E-state index in [-0.39, 0.29) is 22.8 Å². The lowest BCUT2D eigenvalue weighted by Gasteiger charge is -2.25. The molecule has 2 N–H and O–H groups in total. The number of urea groups is 1. The lowest BCUT2D eigenvalue weighted by atomic mass is 10.0. The summed E-state index contributed by atoms with van der Waals surface area (Å²) in [5, 5.41) is 2.54. The number of hydrogen-bond acceptors (Lipinski definition) is 6. The van der Waals surface area contributed by atoms with E-state index < -0.39 is 28.0 Å². The highest BCUT2D eigenvalue weighted by molar-refractivity contribution is 7.90. The molecule has 3 aromatic rings. The van der Waals surface area contributed by atoms with Crippen molar-refractivity contribution in [3.05, 3.63) is 83.4 Å². The zero-order valence-electron chi connectivity index (χ0n) is 21.4. The van der Waals surface area contributed by atoms with Crippen molar-refractivity contribution in [2.24, 2.45) is 0 Å². The van der Waals surface area contributed by atoms with Gasteiger partial charge < -0.3 is 19.7 Å². The Bertz CT molecular complexity index is 1380. The summed E-state index contributed by atoms with van der Waals surface area (Å²) in [4.78, 5) is 27.6. The average molecular weight is 526 g/mol. The Hall–Kier alpha value is -4.05. The summed E-state index contributed by atoms with van der Waals surface area (Å²) in [5.41, 5.74) is 3.55. The van der Waals surface area contributed by atoms with Crippen molar-refractivity contribution in [2.45, 2.75) is 31.2 Å². The Kier molecular flexibility index (Phi) is 8.77. The first-order valence-electron chi connectivity index (χ1n) is 11.5. The zero-order valence-corrected chi connectivity index (χ0v) is 22.3. The van der Waals surface area contributed by atoms with Crippen LogP contribution in [0.2, 0.25) is 0 Å². The number of hydrogen-bond donors (Lipinski definition) is 2. The predicted octanol–water partition coefficient (Wildman–Crippen LogP) is 3.58. The number of likely N-dealkylation sites (N-methyl/N-ethyl adjacent to an activating group) is 1. The van der Waals surface area contributed by atoms with Crippen LogP contribution in [0.3, 0.4) is 0 Å². The lowest BCUT2D eigenvalue weighted by Crippen LogP contribution is -2.52. The average Bonchev–Trinajstić information content (AvgIpc) is 2.88. The van der Waals surface area contributed by atoms with Gasteiger partial charge in [-0.25, -0.2) is 17.9 Å². The lowest BCUT2D eigenvalue weighted by molar-refractivity contribution is -0.120. The van der Waals surface area contributed by atoms with Gasteiger partial charge in [0.2, 0.25) is 5.91 Å². The standard InChI is InChI=1S/C27H31N3O6S/c1-18-11-12-21(15-19(18)2)30(3)26(31)23(16-20-9-7-6-8-10-20)28-27(32)29-37(33,34)25-17-22(35-4)13-14-24(25)36-5/h6-15,17,23H,16H2,1-5H3,(H2,28,29,32)/t23-/m0/s1. The molecule has 0 radical (unpaired) electrons. The van der Waals surface area contributed by atoms with E-state index in [4.69, 9.17) is 9.47 Å². The van der Waals surface area contributed by atoms with Crippen molar-refractivity contribution >= 4 is 27.6 Å². The van der Waals surface area contributed by atoms with Gasteiger partial charge in [-0.05, 0) is 54.8 Å². The zero-order chi connectivity index (χ0) is 27.2. The molecule has 0 heterocycles. The number of benzene rings is 3. The summed E-state index contributed by atoms with van der Waals surface area (Å²) in [7, 11) is -0.0302. The van der Waals surface area contributed by atoms with Crippen molar-refractivity contribution in [3.63, 3.8) is 0 Å². The fraction of sp³-hybridized carbons (Fsp3) is 0.259. The molecule has 0 bridgehead atoms. The normalized spacial score (nSPS) is 11.8. The van der Waals surface area contributed by atoms with E-state index >= 15 is 0 Å². The van der Waals surface area contributed by atoms with Crippen LogP contribution < -0.4 is 24.4 Å². The molecule has 0 saturated heterocycles. The summed E-state index contributed by atoms with van der Waals surface area (Å²) < 4.78 is 38.3. The molecular weight excluding hydrogens is 494 g/mol. The number of carbonyl (C=O) groups is 2. The Morgan fingerprint density at radius 3 is 2.24 bits per heavy atom. The van der Waals surface area contributed by atoms with Crippen molar-refractivity contribution in [1.82, 2.24) is 10.0 Å². The molecule has 0 aliphatic heterocycles. The predicted molar refractivity (Wildman–Crippen MR) is 142 cm³/mol. The Balaban J connectivity index is 1.86. The monoisotopic (exact) mass is 525 g/mol. The smallest absolute Gasteiger partial charge is 0.329 e. The number of nitrogens with one attached hydrogen (secondary N) is 2. The summed E-state index contributed by atoms with van der Waals surface area (Å²) in [6.45, 7) is 3.92. The van der Waals surface area contributed by atoms with E-state index in [0.717, 1.165) is 16.7 Å². The minimum absolute atomic E-state index is 0.0347. The molecule has 0 aliphatic carbocycles. The molecule has 3 amide bonds. The SMILES string of the molecule is COc1ccc(OC)c(S(=O)(=O)NC(=O)N[C@@H](Cc2ccccc2)C(=O)N(C)c2ccc(C)c(C)c2)c1. The number of rotatable bonds is 9. The van der Waals surface area contributed by atoms with E-state index in [1.54, 1.807) is 7.05 Å². The maximum atomic E-state index is 13.5. The molecule has 9 nitrogen and oxygen atoms in total. The van der Waals surface area contributed by atoms with E-state index in [1.165, 1.54) is 37.3 Å². The molecule has 37 heavy (non-hydrogen) atoms. The number of anilines is 1. The van der Waals surface area contributed by atoms with E-state index in [0.29, 0.717) is 5.69 Å². The van der Waals surface area contributed by atoms with Crippen LogP contribution >= 0.6 is 0 Å². The second kappa shape index (κ2) is 11.8. The van der Waals surface area contributed by atoms with E-state index in [1.807, 2.05) is 67.1 Å². The van der Waals surface area contributed by atoms with E-state index in [2.05, 4.69) is 5.32 Å². The van der Waals surface area contributed by atoms with Crippen LogP contribution in [0.4, 0.5) is 10.5 Å². The van der Waals surface area contributed by atoms with Gasteiger partial charge in [0.15, 0.2) is 0 Å². The van der Waals surface area contributed by atoms with Gasteiger partial charge in [-0.1, -0.05) is 36.4 Å². The first kappa shape index (κ1) is 27.5. The van der Waals surface area contributed by atoms with Gasteiger partial charge in [0.25, 0.3) is 10.0 Å². The number of ether oxygens (including phenoxy) is 2. The first-order chi connectivity index (χ1) is 17.6. The van der Waals surface area contributed by atoms with Gasteiger partial charge in [-0.15, -0.1) is 0 Å². The fourth-order valence-electron chi connectivity index (χ4n) is 3.70. The van der Waals surface area contributed by atoms with Gasteiger partial charge in [-0.3, -0.25) is 4.79 Å². The van der Waals surface area contributed by atoms with Crippen molar-refractivity contribution in [3.8, 4) is 11.5 Å². The second-order valence-corrected chi connectivity index (χ2v) is 10.2. The molecule has 3 aromatic carbocycles. The van der Waals surface area contributed by atoms with Crippen LogP contribution in [0.15, 0.2) is 71.6 Å². The Morgan fingerprint density at radius 2 is 1.62 bits per heavy atom. The molecule has 0 saturated carbocycles. The van der Waals surface area contributed by atoms with Crippen LogP contribution in [0, 0.1) is 13.8 Å². The molecular formula is C27H31N3O6S. The molecule has 0 aliphatic rings. The molecule has 1 atom stereocenters. The highest BCUT2D eigenvalue weighted by Gasteiger charge is 2.29. The van der Waals surface area contributed by atoms with Crippen molar-refractivity contribution in [2.75, 3.05) is 26.2 Å². The number of methoxy groups -OCH3 is 2. The quantitative estimate of drug-likeness (QED) is 0.441. The fourth-order valence-corrected chi connectivity index (χ4v) is 4.80. The van der Waals surface area contributed by atoms with Crippen molar-refractivity contribution < 1.29 is 27.5 Å². The number of sulfonamides is 1. The molecule has 3 rings (SSSR count). The molecule has 0 unspecified atom stereocenters. The van der Waals surface area contributed by atoms with Crippen molar-refractivity contribution in [1.29, 1.82) is 0 Å². The number of aryl methyl sites for hydroxylation is 2. The molecule has 0 spiro atoms. The summed E-state index contributed by atoms with van der Waals surface area (Å²) >= 11 is 0. The van der Waals surface area contributed by atoms with Gasteiger partial charge in [0.1, 0.15) is 22.4 Å². The Labute approximate surface area is 217 Å². The van der Waals surface area contributed by atoms with Crippen LogP contribution in [0.25, 0.3) is 0 Å². The maximum Gasteiger partial charge on any atom is 0.329 e. The summed E-state index contributed by atoms with van der Waals surface area (Å²) in [6.07, 6.45) is 0.158. The topological polar surface area (TPSA) is 114 Å². The number of nitrogens with zero attached hydrogens (tertiary/aromatic N) is 1. The third-order valence-corrected chi connectivity index (χ3v) is 7.33. The number of carbonyl (C=O) groups excluding carboxylic acids is 2. The van der Waals surface area contributed by atoms with E-state index in [9.17, 15) is 18.0 Å². The second-order valence-electron chi connectivity index (χ2n) is 8.50. The highest BCUT2D eigenvalue weighted by atomic mass is 32.2. The van der Waals surface area contributed by atoms with Crippen LogP contribution in [-0.2, 0) is 21.2 Å². The Morgan fingerprint density at radius 1 is 0.919 bits per heavy atom. The third-order valence-electron chi connectivity index (χ3n) is 5.98. The minimum Gasteiger partial charge on any atom is -0.497 e. The largest absolute Gasteiger partial charge is 0.497 e.